The topological polar surface area (TPSA) is 129 Å². The zero-order valence-corrected chi connectivity index (χ0v) is 19.3. The fourth-order valence-electron chi connectivity index (χ4n) is 3.94. The second-order valence-electron chi connectivity index (χ2n) is 8.13. The summed E-state index contributed by atoms with van der Waals surface area (Å²) in [6.45, 7) is 2.41. The SMILES string of the molecule is COc1ncccc1-c1ccc(O)c(-c2nc3ccc(C(=O)NCCc4ncc(C)[nH]4)cc3[nH]2)c1. The average molecular weight is 469 g/mol. The van der Waals surface area contributed by atoms with Crippen LogP contribution < -0.4 is 10.1 Å². The number of ether oxygens (including phenoxy) is 1. The van der Waals surface area contributed by atoms with Gasteiger partial charge in [0.15, 0.2) is 0 Å². The number of amides is 1. The number of aromatic amines is 2. The van der Waals surface area contributed by atoms with E-state index in [0.29, 0.717) is 46.8 Å². The molecule has 0 spiro atoms. The summed E-state index contributed by atoms with van der Waals surface area (Å²) >= 11 is 0. The van der Waals surface area contributed by atoms with Crippen LogP contribution in [0.15, 0.2) is 60.9 Å². The lowest BCUT2D eigenvalue weighted by Crippen LogP contribution is -2.25. The molecule has 0 atom stereocenters. The Kier molecular flexibility index (Phi) is 5.88. The number of methoxy groups -OCH3 is 1. The standard InChI is InChI=1S/C26H24N6O3/c1-15-14-29-23(30-15)9-11-27-25(34)17-5-7-20-21(13-17)32-24(31-20)19-12-16(6-8-22(19)33)18-4-3-10-28-26(18)35-2/h3-8,10,12-14,33H,9,11H2,1-2H3,(H,27,34)(H,29,30)(H,31,32). The van der Waals surface area contributed by atoms with E-state index in [-0.39, 0.29) is 11.7 Å². The Morgan fingerprint density at radius 3 is 2.77 bits per heavy atom. The van der Waals surface area contributed by atoms with Crippen LogP contribution in [0.5, 0.6) is 11.6 Å². The van der Waals surface area contributed by atoms with Gasteiger partial charge in [-0.1, -0.05) is 6.07 Å². The number of nitrogens with zero attached hydrogens (tertiary/aromatic N) is 3. The van der Waals surface area contributed by atoms with Crippen LogP contribution in [0, 0.1) is 6.92 Å². The van der Waals surface area contributed by atoms with Crippen molar-refractivity contribution in [3.05, 3.63) is 78.0 Å². The highest BCUT2D eigenvalue weighted by molar-refractivity contribution is 5.97. The highest BCUT2D eigenvalue weighted by atomic mass is 16.5. The summed E-state index contributed by atoms with van der Waals surface area (Å²) in [5.74, 6) is 1.73. The van der Waals surface area contributed by atoms with Crippen molar-refractivity contribution in [2.45, 2.75) is 13.3 Å². The van der Waals surface area contributed by atoms with E-state index in [1.165, 1.54) is 0 Å². The van der Waals surface area contributed by atoms with Crippen molar-refractivity contribution in [1.29, 1.82) is 0 Å². The summed E-state index contributed by atoms with van der Waals surface area (Å²) in [7, 11) is 1.57. The molecule has 35 heavy (non-hydrogen) atoms. The predicted octanol–water partition coefficient (Wildman–Crippen LogP) is 4.01. The number of aromatic hydroxyl groups is 1. The minimum absolute atomic E-state index is 0.0850. The number of carbonyl (C=O) groups is 1. The Hall–Kier alpha value is -4.66. The molecule has 0 saturated heterocycles. The van der Waals surface area contributed by atoms with Crippen molar-refractivity contribution in [3.63, 3.8) is 0 Å². The van der Waals surface area contributed by atoms with Crippen LogP contribution in [-0.4, -0.2) is 49.6 Å². The molecule has 0 bridgehead atoms. The lowest BCUT2D eigenvalue weighted by molar-refractivity contribution is 0.0954. The molecule has 5 rings (SSSR count). The lowest BCUT2D eigenvalue weighted by Gasteiger charge is -2.09. The van der Waals surface area contributed by atoms with Gasteiger partial charge in [-0.3, -0.25) is 4.79 Å². The Bertz CT molecular complexity index is 1520. The Morgan fingerprint density at radius 2 is 1.97 bits per heavy atom. The van der Waals surface area contributed by atoms with Crippen molar-refractivity contribution in [1.82, 2.24) is 30.2 Å². The smallest absolute Gasteiger partial charge is 0.251 e. The first-order valence-corrected chi connectivity index (χ1v) is 11.1. The average Bonchev–Trinajstić information content (AvgIpc) is 3.49. The number of rotatable bonds is 7. The first-order valence-electron chi connectivity index (χ1n) is 11.1. The van der Waals surface area contributed by atoms with Crippen LogP contribution in [0.1, 0.15) is 21.9 Å². The van der Waals surface area contributed by atoms with Gasteiger partial charge in [0.05, 0.1) is 23.7 Å². The van der Waals surface area contributed by atoms with Gasteiger partial charge in [-0.05, 0) is 55.0 Å². The van der Waals surface area contributed by atoms with Crippen molar-refractivity contribution in [2.24, 2.45) is 0 Å². The number of phenols is 1. The molecule has 0 aliphatic rings. The maximum absolute atomic E-state index is 12.6. The molecule has 0 saturated carbocycles. The van der Waals surface area contributed by atoms with E-state index in [4.69, 9.17) is 4.74 Å². The fraction of sp³-hybridized carbons (Fsp3) is 0.154. The van der Waals surface area contributed by atoms with Crippen LogP contribution >= 0.6 is 0 Å². The van der Waals surface area contributed by atoms with Gasteiger partial charge in [-0.2, -0.15) is 0 Å². The summed E-state index contributed by atoms with van der Waals surface area (Å²) in [5.41, 5.74) is 5.05. The zero-order chi connectivity index (χ0) is 24.4. The number of nitrogens with one attached hydrogen (secondary N) is 3. The monoisotopic (exact) mass is 468 g/mol. The number of hydrogen-bond acceptors (Lipinski definition) is 6. The molecular formula is C26H24N6O3. The Balaban J connectivity index is 1.38. The second-order valence-corrected chi connectivity index (χ2v) is 8.13. The molecule has 3 heterocycles. The number of imidazole rings is 2. The molecule has 0 fully saturated rings. The van der Waals surface area contributed by atoms with Gasteiger partial charge in [0.2, 0.25) is 5.88 Å². The van der Waals surface area contributed by atoms with Crippen LogP contribution in [0.2, 0.25) is 0 Å². The van der Waals surface area contributed by atoms with Crippen molar-refractivity contribution in [3.8, 4) is 34.1 Å². The number of pyridine rings is 1. The van der Waals surface area contributed by atoms with Gasteiger partial charge >= 0.3 is 0 Å². The number of carbonyl (C=O) groups excluding carboxylic acids is 1. The molecule has 176 valence electrons. The van der Waals surface area contributed by atoms with Gasteiger partial charge in [0.25, 0.3) is 5.91 Å². The van der Waals surface area contributed by atoms with Crippen LogP contribution in [0.25, 0.3) is 33.5 Å². The van der Waals surface area contributed by atoms with Crippen LogP contribution in [0.4, 0.5) is 0 Å². The molecule has 3 aromatic heterocycles. The molecule has 5 aromatic rings. The molecule has 9 nitrogen and oxygen atoms in total. The third-order valence-corrected chi connectivity index (χ3v) is 5.67. The van der Waals surface area contributed by atoms with E-state index in [1.54, 1.807) is 49.8 Å². The van der Waals surface area contributed by atoms with Gasteiger partial charge in [-0.25, -0.2) is 15.0 Å². The van der Waals surface area contributed by atoms with E-state index >= 15 is 0 Å². The first-order chi connectivity index (χ1) is 17.0. The number of H-pyrrole nitrogens is 2. The highest BCUT2D eigenvalue weighted by Gasteiger charge is 2.15. The van der Waals surface area contributed by atoms with Crippen molar-refractivity contribution in [2.75, 3.05) is 13.7 Å². The molecule has 9 heteroatoms. The third-order valence-electron chi connectivity index (χ3n) is 5.67. The number of benzene rings is 2. The van der Waals surface area contributed by atoms with E-state index in [0.717, 1.165) is 22.6 Å². The normalized spacial score (nSPS) is 11.0. The number of aryl methyl sites for hydroxylation is 1. The first kappa shape index (κ1) is 22.1. The van der Waals surface area contributed by atoms with E-state index in [2.05, 4.69) is 30.2 Å². The van der Waals surface area contributed by atoms with Gasteiger partial charge in [-0.15, -0.1) is 0 Å². The summed E-state index contributed by atoms with van der Waals surface area (Å²) in [6, 6.07) is 14.2. The molecule has 1 amide bonds. The molecule has 0 aliphatic carbocycles. The molecular weight excluding hydrogens is 444 g/mol. The summed E-state index contributed by atoms with van der Waals surface area (Å²) in [4.78, 5) is 32.1. The highest BCUT2D eigenvalue weighted by Crippen LogP contribution is 2.35. The molecule has 2 aromatic carbocycles. The predicted molar refractivity (Wildman–Crippen MR) is 132 cm³/mol. The third kappa shape index (κ3) is 4.56. The molecule has 0 aliphatic heterocycles. The van der Waals surface area contributed by atoms with Gasteiger partial charge in [0, 0.05) is 42.2 Å². The quantitative estimate of drug-likeness (QED) is 0.286. The molecule has 4 N–H and O–H groups in total. The summed E-state index contributed by atoms with van der Waals surface area (Å²) in [6.07, 6.45) is 4.05. The van der Waals surface area contributed by atoms with E-state index in [9.17, 15) is 9.90 Å². The van der Waals surface area contributed by atoms with Crippen LogP contribution in [-0.2, 0) is 6.42 Å². The van der Waals surface area contributed by atoms with Gasteiger partial charge < -0.3 is 25.1 Å². The number of phenolic OH excluding ortho intramolecular Hbond substituents is 1. The fourth-order valence-corrected chi connectivity index (χ4v) is 3.94. The van der Waals surface area contributed by atoms with E-state index in [1.807, 2.05) is 25.1 Å². The summed E-state index contributed by atoms with van der Waals surface area (Å²) in [5, 5.41) is 13.5. The summed E-state index contributed by atoms with van der Waals surface area (Å²) < 4.78 is 5.37. The molecule has 0 unspecified atom stereocenters. The Labute approximate surface area is 201 Å². The number of aromatic nitrogens is 5. The van der Waals surface area contributed by atoms with E-state index < -0.39 is 0 Å². The minimum atomic E-state index is -0.181. The van der Waals surface area contributed by atoms with Crippen molar-refractivity contribution < 1.29 is 14.6 Å². The minimum Gasteiger partial charge on any atom is -0.507 e. The van der Waals surface area contributed by atoms with Gasteiger partial charge in [0.1, 0.15) is 17.4 Å². The largest absolute Gasteiger partial charge is 0.507 e. The zero-order valence-electron chi connectivity index (χ0n) is 19.3. The maximum Gasteiger partial charge on any atom is 0.251 e. The van der Waals surface area contributed by atoms with Crippen LogP contribution in [0.3, 0.4) is 0 Å². The maximum atomic E-state index is 12.6. The lowest BCUT2D eigenvalue weighted by atomic mass is 10.0. The second kappa shape index (κ2) is 9.30. The number of hydrogen-bond donors (Lipinski definition) is 4. The van der Waals surface area contributed by atoms with Crippen molar-refractivity contribution >= 4 is 16.9 Å². The molecule has 0 radical (unpaired) electrons. The Morgan fingerprint density at radius 1 is 1.09 bits per heavy atom. The number of fused-ring (bicyclic) bond motifs is 1.